The summed E-state index contributed by atoms with van der Waals surface area (Å²) in [4.78, 5) is 29.5. The molecule has 0 saturated carbocycles. The number of methoxy groups -OCH3 is 1. The predicted octanol–water partition coefficient (Wildman–Crippen LogP) is 2.91. The van der Waals surface area contributed by atoms with Gasteiger partial charge in [0, 0.05) is 49.8 Å². The first-order valence-corrected chi connectivity index (χ1v) is 10.3. The second-order valence-electron chi connectivity index (χ2n) is 8.05. The van der Waals surface area contributed by atoms with Crippen molar-refractivity contribution in [2.45, 2.75) is 40.0 Å². The van der Waals surface area contributed by atoms with Gasteiger partial charge in [0.15, 0.2) is 0 Å². The fraction of sp³-hybridized carbons (Fsp3) is 0.636. The number of carbonyl (C=O) groups excluding carboxylic acids is 2. The number of ether oxygens (including phenoxy) is 1. The third-order valence-corrected chi connectivity index (χ3v) is 5.50. The molecule has 6 nitrogen and oxygen atoms in total. The van der Waals surface area contributed by atoms with E-state index in [2.05, 4.69) is 24.8 Å². The molecule has 1 aliphatic heterocycles. The van der Waals surface area contributed by atoms with Crippen LogP contribution in [-0.4, -0.2) is 50.0 Å². The standard InChI is InChI=1S/C22H35N3O3/c1-5-7-19(21(23)26)20(14-16(2)3)22(27)25-12-10-24(11-13-25)17-8-6-9-18(15-17)28-4/h6,8-9,15-16,19-20H,5,7,10-14H2,1-4H3,(H2,23,26). The van der Waals surface area contributed by atoms with Gasteiger partial charge >= 0.3 is 0 Å². The molecule has 1 aliphatic rings. The third-order valence-electron chi connectivity index (χ3n) is 5.50. The van der Waals surface area contributed by atoms with Gasteiger partial charge in [0.1, 0.15) is 5.75 Å². The van der Waals surface area contributed by atoms with Crippen molar-refractivity contribution in [3.63, 3.8) is 0 Å². The summed E-state index contributed by atoms with van der Waals surface area (Å²) in [7, 11) is 1.66. The monoisotopic (exact) mass is 389 g/mol. The minimum Gasteiger partial charge on any atom is -0.497 e. The van der Waals surface area contributed by atoms with Crippen LogP contribution in [-0.2, 0) is 9.59 Å². The largest absolute Gasteiger partial charge is 0.497 e. The molecule has 2 N–H and O–H groups in total. The van der Waals surface area contributed by atoms with Gasteiger partial charge in [0.25, 0.3) is 0 Å². The van der Waals surface area contributed by atoms with Gasteiger partial charge in [0.2, 0.25) is 11.8 Å². The molecule has 28 heavy (non-hydrogen) atoms. The Morgan fingerprint density at radius 3 is 2.36 bits per heavy atom. The Bertz CT molecular complexity index is 654. The lowest BCUT2D eigenvalue weighted by Gasteiger charge is -2.39. The van der Waals surface area contributed by atoms with Crippen LogP contribution in [0.4, 0.5) is 5.69 Å². The predicted molar refractivity (Wildman–Crippen MR) is 112 cm³/mol. The molecule has 0 bridgehead atoms. The third kappa shape index (κ3) is 5.63. The van der Waals surface area contributed by atoms with Crippen molar-refractivity contribution in [1.29, 1.82) is 0 Å². The number of anilines is 1. The number of rotatable bonds is 9. The Hall–Kier alpha value is -2.24. The number of hydrogen-bond donors (Lipinski definition) is 1. The molecule has 1 saturated heterocycles. The summed E-state index contributed by atoms with van der Waals surface area (Å²) in [5.74, 6) is 0.201. The highest BCUT2D eigenvalue weighted by Crippen LogP contribution is 2.28. The summed E-state index contributed by atoms with van der Waals surface area (Å²) in [6, 6.07) is 7.99. The van der Waals surface area contributed by atoms with Crippen molar-refractivity contribution in [1.82, 2.24) is 4.90 Å². The van der Waals surface area contributed by atoms with Crippen molar-refractivity contribution in [2.75, 3.05) is 38.2 Å². The highest BCUT2D eigenvalue weighted by molar-refractivity contribution is 5.87. The van der Waals surface area contributed by atoms with Crippen molar-refractivity contribution in [3.05, 3.63) is 24.3 Å². The fourth-order valence-electron chi connectivity index (χ4n) is 4.02. The molecule has 2 rings (SSSR count). The second-order valence-corrected chi connectivity index (χ2v) is 8.05. The van der Waals surface area contributed by atoms with Crippen molar-refractivity contribution in [2.24, 2.45) is 23.5 Å². The maximum atomic E-state index is 13.3. The summed E-state index contributed by atoms with van der Waals surface area (Å²) in [6.07, 6.45) is 2.21. The van der Waals surface area contributed by atoms with E-state index in [1.807, 2.05) is 30.0 Å². The maximum absolute atomic E-state index is 13.3. The summed E-state index contributed by atoms with van der Waals surface area (Å²) in [5, 5.41) is 0. The molecule has 2 atom stereocenters. The van der Waals surface area contributed by atoms with E-state index < -0.39 is 0 Å². The molecule has 0 aliphatic carbocycles. The lowest BCUT2D eigenvalue weighted by atomic mass is 9.81. The van der Waals surface area contributed by atoms with Crippen LogP contribution in [0.2, 0.25) is 0 Å². The minimum absolute atomic E-state index is 0.0799. The lowest BCUT2D eigenvalue weighted by molar-refractivity contribution is -0.142. The summed E-state index contributed by atoms with van der Waals surface area (Å²) < 4.78 is 5.31. The van der Waals surface area contributed by atoms with Crippen LogP contribution >= 0.6 is 0 Å². The molecule has 1 aromatic rings. The topological polar surface area (TPSA) is 75.9 Å². The molecule has 2 amide bonds. The Labute approximate surface area is 169 Å². The first-order valence-electron chi connectivity index (χ1n) is 10.3. The van der Waals surface area contributed by atoms with E-state index in [0.717, 1.165) is 30.9 Å². The van der Waals surface area contributed by atoms with Crippen LogP contribution < -0.4 is 15.4 Å². The van der Waals surface area contributed by atoms with Crippen LogP contribution in [0.1, 0.15) is 40.0 Å². The number of hydrogen-bond acceptors (Lipinski definition) is 4. The number of amides is 2. The second kappa shape index (κ2) is 10.3. The van der Waals surface area contributed by atoms with E-state index in [4.69, 9.17) is 10.5 Å². The quantitative estimate of drug-likeness (QED) is 0.705. The van der Waals surface area contributed by atoms with Crippen LogP contribution in [0.25, 0.3) is 0 Å². The smallest absolute Gasteiger partial charge is 0.226 e. The average Bonchev–Trinajstić information content (AvgIpc) is 2.69. The number of piperazine rings is 1. The van der Waals surface area contributed by atoms with Gasteiger partial charge in [-0.05, 0) is 30.9 Å². The van der Waals surface area contributed by atoms with Gasteiger partial charge in [-0.15, -0.1) is 0 Å². The Morgan fingerprint density at radius 2 is 1.82 bits per heavy atom. The molecule has 156 valence electrons. The van der Waals surface area contributed by atoms with Crippen molar-refractivity contribution < 1.29 is 14.3 Å². The Balaban J connectivity index is 2.07. The van der Waals surface area contributed by atoms with Crippen molar-refractivity contribution in [3.8, 4) is 5.75 Å². The van der Waals surface area contributed by atoms with E-state index >= 15 is 0 Å². The zero-order valence-electron chi connectivity index (χ0n) is 17.7. The van der Waals surface area contributed by atoms with Gasteiger partial charge < -0.3 is 20.3 Å². The van der Waals surface area contributed by atoms with Crippen LogP contribution in [0, 0.1) is 17.8 Å². The minimum atomic E-state index is -0.378. The molecule has 0 spiro atoms. The Kier molecular flexibility index (Phi) is 8.15. The number of nitrogens with zero attached hydrogens (tertiary/aromatic N) is 2. The SMILES string of the molecule is CCCC(C(N)=O)C(CC(C)C)C(=O)N1CCN(c2cccc(OC)c2)CC1. The van der Waals surface area contributed by atoms with Gasteiger partial charge in [-0.3, -0.25) is 9.59 Å². The van der Waals surface area contributed by atoms with Crippen molar-refractivity contribution >= 4 is 17.5 Å². The molecule has 6 heteroatoms. The fourth-order valence-corrected chi connectivity index (χ4v) is 4.02. The van der Waals surface area contributed by atoms with Crippen LogP contribution in [0.5, 0.6) is 5.75 Å². The highest BCUT2D eigenvalue weighted by atomic mass is 16.5. The van der Waals surface area contributed by atoms with Gasteiger partial charge in [-0.25, -0.2) is 0 Å². The number of benzene rings is 1. The van der Waals surface area contributed by atoms with Gasteiger partial charge in [-0.2, -0.15) is 0 Å². The first kappa shape index (κ1) is 22.1. The van der Waals surface area contributed by atoms with Gasteiger partial charge in [0.05, 0.1) is 7.11 Å². The van der Waals surface area contributed by atoms with E-state index in [1.54, 1.807) is 7.11 Å². The maximum Gasteiger partial charge on any atom is 0.226 e. The van der Waals surface area contributed by atoms with E-state index in [-0.39, 0.29) is 23.7 Å². The Morgan fingerprint density at radius 1 is 1.14 bits per heavy atom. The van der Waals surface area contributed by atoms with E-state index in [0.29, 0.717) is 31.8 Å². The molecule has 0 radical (unpaired) electrons. The van der Waals surface area contributed by atoms with Crippen LogP contribution in [0.15, 0.2) is 24.3 Å². The summed E-state index contributed by atoms with van der Waals surface area (Å²) in [6.45, 7) is 9.05. The lowest BCUT2D eigenvalue weighted by Crippen LogP contribution is -2.52. The van der Waals surface area contributed by atoms with E-state index in [1.165, 1.54) is 0 Å². The first-order chi connectivity index (χ1) is 13.4. The molecule has 1 fully saturated rings. The average molecular weight is 390 g/mol. The molecule has 0 aromatic heterocycles. The molecule has 2 unspecified atom stereocenters. The molecular weight excluding hydrogens is 354 g/mol. The number of primary amides is 1. The zero-order chi connectivity index (χ0) is 20.7. The highest BCUT2D eigenvalue weighted by Gasteiger charge is 2.36. The summed E-state index contributed by atoms with van der Waals surface area (Å²) in [5.41, 5.74) is 6.77. The number of carbonyl (C=O) groups is 2. The molecule has 1 aromatic carbocycles. The molecular formula is C22H35N3O3. The van der Waals surface area contributed by atoms with Crippen LogP contribution in [0.3, 0.4) is 0 Å². The molecule has 1 heterocycles. The van der Waals surface area contributed by atoms with E-state index in [9.17, 15) is 9.59 Å². The number of nitrogens with two attached hydrogens (primary N) is 1. The normalized spacial score (nSPS) is 16.8. The zero-order valence-corrected chi connectivity index (χ0v) is 17.7. The summed E-state index contributed by atoms with van der Waals surface area (Å²) >= 11 is 0. The van der Waals surface area contributed by atoms with Gasteiger partial charge in [-0.1, -0.05) is 33.3 Å².